The van der Waals surface area contributed by atoms with E-state index in [1.807, 2.05) is 53.1 Å². The van der Waals surface area contributed by atoms with Crippen LogP contribution in [0, 0.1) is 0 Å². The van der Waals surface area contributed by atoms with Crippen molar-refractivity contribution in [3.63, 3.8) is 0 Å². The van der Waals surface area contributed by atoms with E-state index in [1.54, 1.807) is 4.90 Å². The van der Waals surface area contributed by atoms with Gasteiger partial charge in [-0.1, -0.05) is 43.0 Å². The van der Waals surface area contributed by atoms with Crippen LogP contribution in [0.4, 0.5) is 9.59 Å². The first-order chi connectivity index (χ1) is 21.3. The van der Waals surface area contributed by atoms with Crippen LogP contribution in [0.2, 0.25) is 5.02 Å². The SMILES string of the molecule is CN(C)C(=O)N(C1CCCCC1)C1CCN(C(=O)[C@H](Cc2ccc(Cl)cc2)NC2CCN(C(=O)N3CCOCC3)CC2)CC1. The molecule has 3 aliphatic heterocycles. The van der Waals surface area contributed by atoms with Gasteiger partial charge in [0, 0.05) is 76.5 Å². The molecule has 4 aliphatic rings. The standard InChI is InChI=1S/C33H51ClN6O4/c1-36(2)32(42)40(28-6-4-3-5-7-28)29-14-18-37(19-15-29)31(41)30(24-25-8-10-26(34)11-9-25)35-27-12-16-38(17-13-27)33(43)39-20-22-44-23-21-39/h8-11,27-30,35H,3-7,12-24H2,1-2H3/t30-/m0/s1. The summed E-state index contributed by atoms with van der Waals surface area (Å²) >= 11 is 6.16. The topological polar surface area (TPSA) is 88.7 Å². The predicted molar refractivity (Wildman–Crippen MR) is 172 cm³/mol. The van der Waals surface area contributed by atoms with Crippen LogP contribution in [0.1, 0.15) is 63.4 Å². The molecule has 1 saturated carbocycles. The summed E-state index contributed by atoms with van der Waals surface area (Å²) < 4.78 is 5.41. The van der Waals surface area contributed by atoms with Crippen molar-refractivity contribution in [3.8, 4) is 0 Å². The molecule has 4 fully saturated rings. The van der Waals surface area contributed by atoms with Crippen LogP contribution in [-0.4, -0.2) is 133 Å². The fourth-order valence-electron chi connectivity index (χ4n) is 7.34. The molecule has 1 N–H and O–H groups in total. The number of amides is 5. The molecule has 44 heavy (non-hydrogen) atoms. The fourth-order valence-corrected chi connectivity index (χ4v) is 7.46. The van der Waals surface area contributed by atoms with Gasteiger partial charge in [0.05, 0.1) is 19.3 Å². The van der Waals surface area contributed by atoms with E-state index in [-0.39, 0.29) is 36.1 Å². The van der Waals surface area contributed by atoms with E-state index >= 15 is 0 Å². The van der Waals surface area contributed by atoms with Crippen LogP contribution in [0.3, 0.4) is 0 Å². The molecule has 0 unspecified atom stereocenters. The molecule has 0 radical (unpaired) electrons. The maximum Gasteiger partial charge on any atom is 0.320 e. The molecule has 0 aromatic heterocycles. The monoisotopic (exact) mass is 630 g/mol. The zero-order valence-corrected chi connectivity index (χ0v) is 27.3. The molecule has 1 aromatic rings. The van der Waals surface area contributed by atoms with E-state index in [2.05, 4.69) is 10.2 Å². The number of piperidine rings is 2. The van der Waals surface area contributed by atoms with E-state index < -0.39 is 0 Å². The summed E-state index contributed by atoms with van der Waals surface area (Å²) in [5, 5.41) is 4.39. The van der Waals surface area contributed by atoms with Gasteiger partial charge in [0.25, 0.3) is 0 Å². The highest BCUT2D eigenvalue weighted by molar-refractivity contribution is 6.30. The Balaban J connectivity index is 1.21. The van der Waals surface area contributed by atoms with Crippen LogP contribution in [0.25, 0.3) is 0 Å². The Morgan fingerprint density at radius 3 is 2.00 bits per heavy atom. The molecule has 3 heterocycles. The van der Waals surface area contributed by atoms with Crippen molar-refractivity contribution in [2.75, 3.05) is 66.6 Å². The summed E-state index contributed by atoms with van der Waals surface area (Å²) in [7, 11) is 3.68. The highest BCUT2D eigenvalue weighted by atomic mass is 35.5. The first kappa shape index (κ1) is 32.8. The number of benzene rings is 1. The summed E-state index contributed by atoms with van der Waals surface area (Å²) in [5.41, 5.74) is 1.06. The van der Waals surface area contributed by atoms with Gasteiger partial charge in [-0.25, -0.2) is 9.59 Å². The van der Waals surface area contributed by atoms with Crippen molar-refractivity contribution in [2.45, 2.75) is 88.4 Å². The van der Waals surface area contributed by atoms with Crippen molar-refractivity contribution < 1.29 is 19.1 Å². The van der Waals surface area contributed by atoms with Crippen molar-refractivity contribution in [2.24, 2.45) is 0 Å². The number of nitrogens with one attached hydrogen (secondary N) is 1. The minimum atomic E-state index is -0.364. The summed E-state index contributed by atoms with van der Waals surface area (Å²) in [6, 6.07) is 8.19. The van der Waals surface area contributed by atoms with Gasteiger partial charge in [0.2, 0.25) is 5.91 Å². The maximum absolute atomic E-state index is 14.1. The van der Waals surface area contributed by atoms with E-state index in [0.29, 0.717) is 70.0 Å². The largest absolute Gasteiger partial charge is 0.378 e. The average molecular weight is 631 g/mol. The number of urea groups is 2. The van der Waals surface area contributed by atoms with Crippen LogP contribution in [0.15, 0.2) is 24.3 Å². The molecule has 0 spiro atoms. The Labute approximate surface area is 268 Å². The normalized spacial score (nSPS) is 21.7. The number of carbonyl (C=O) groups excluding carboxylic acids is 3. The number of carbonyl (C=O) groups is 3. The Morgan fingerprint density at radius 1 is 0.818 bits per heavy atom. The second-order valence-corrected chi connectivity index (χ2v) is 13.6. The third-order valence-corrected chi connectivity index (χ3v) is 10.1. The minimum Gasteiger partial charge on any atom is -0.378 e. The van der Waals surface area contributed by atoms with Gasteiger partial charge >= 0.3 is 12.1 Å². The van der Waals surface area contributed by atoms with Crippen LogP contribution < -0.4 is 5.32 Å². The number of morpholine rings is 1. The zero-order chi connectivity index (χ0) is 31.1. The number of ether oxygens (including phenoxy) is 1. The predicted octanol–water partition coefficient (Wildman–Crippen LogP) is 4.06. The molecule has 244 valence electrons. The van der Waals surface area contributed by atoms with Crippen molar-refractivity contribution in [3.05, 3.63) is 34.9 Å². The Kier molecular flexibility index (Phi) is 11.7. The highest BCUT2D eigenvalue weighted by Gasteiger charge is 2.37. The van der Waals surface area contributed by atoms with Crippen molar-refractivity contribution in [1.29, 1.82) is 0 Å². The number of nitrogens with zero attached hydrogens (tertiary/aromatic N) is 5. The number of likely N-dealkylation sites (tertiary alicyclic amines) is 2. The molecule has 0 bridgehead atoms. The Bertz CT molecular complexity index is 1090. The molecule has 5 rings (SSSR count). The summed E-state index contributed by atoms with van der Waals surface area (Å²) in [6.45, 7) is 5.15. The quantitative estimate of drug-likeness (QED) is 0.491. The second-order valence-electron chi connectivity index (χ2n) is 13.1. The average Bonchev–Trinajstić information content (AvgIpc) is 3.06. The molecule has 3 saturated heterocycles. The van der Waals surface area contributed by atoms with Gasteiger partial charge in [-0.15, -0.1) is 0 Å². The van der Waals surface area contributed by atoms with Gasteiger partial charge in [0.15, 0.2) is 0 Å². The zero-order valence-electron chi connectivity index (χ0n) is 26.6. The van der Waals surface area contributed by atoms with Crippen LogP contribution >= 0.6 is 11.6 Å². The number of rotatable bonds is 7. The molecule has 1 aromatic carbocycles. The molecular weight excluding hydrogens is 580 g/mol. The van der Waals surface area contributed by atoms with Gasteiger partial charge in [-0.3, -0.25) is 4.79 Å². The molecule has 5 amide bonds. The van der Waals surface area contributed by atoms with E-state index in [4.69, 9.17) is 16.3 Å². The number of halogens is 1. The fraction of sp³-hybridized carbons (Fsp3) is 0.727. The van der Waals surface area contributed by atoms with E-state index in [9.17, 15) is 14.4 Å². The first-order valence-corrected chi connectivity index (χ1v) is 17.1. The highest BCUT2D eigenvalue weighted by Crippen LogP contribution is 2.29. The lowest BCUT2D eigenvalue weighted by atomic mass is 9.91. The maximum atomic E-state index is 14.1. The summed E-state index contributed by atoms with van der Waals surface area (Å²) in [5.74, 6) is 0.119. The second kappa shape index (κ2) is 15.6. The third kappa shape index (κ3) is 8.37. The van der Waals surface area contributed by atoms with Gasteiger partial charge < -0.3 is 34.6 Å². The smallest absolute Gasteiger partial charge is 0.320 e. The number of hydrogen-bond acceptors (Lipinski definition) is 5. The van der Waals surface area contributed by atoms with Crippen LogP contribution in [0.5, 0.6) is 0 Å². The lowest BCUT2D eigenvalue weighted by Crippen LogP contribution is -2.58. The lowest BCUT2D eigenvalue weighted by Gasteiger charge is -2.45. The van der Waals surface area contributed by atoms with Gasteiger partial charge in [-0.05, 0) is 62.6 Å². The third-order valence-electron chi connectivity index (χ3n) is 9.88. The molecule has 1 aliphatic carbocycles. The van der Waals surface area contributed by atoms with Gasteiger partial charge in [0.1, 0.15) is 0 Å². The van der Waals surface area contributed by atoms with Crippen LogP contribution in [-0.2, 0) is 16.0 Å². The molecular formula is C33H51ClN6O4. The van der Waals surface area contributed by atoms with Crippen molar-refractivity contribution in [1.82, 2.24) is 29.8 Å². The van der Waals surface area contributed by atoms with Crippen molar-refractivity contribution >= 4 is 29.6 Å². The van der Waals surface area contributed by atoms with E-state index in [0.717, 1.165) is 44.1 Å². The molecule has 10 nitrogen and oxygen atoms in total. The Hall–Kier alpha value is -2.56. The lowest BCUT2D eigenvalue weighted by molar-refractivity contribution is -0.135. The molecule has 11 heteroatoms. The first-order valence-electron chi connectivity index (χ1n) is 16.7. The number of hydrogen-bond donors (Lipinski definition) is 1. The Morgan fingerprint density at radius 2 is 1.39 bits per heavy atom. The minimum absolute atomic E-state index is 0.0958. The summed E-state index contributed by atoms with van der Waals surface area (Å²) in [6.07, 6.45) is 9.56. The van der Waals surface area contributed by atoms with Gasteiger partial charge in [-0.2, -0.15) is 0 Å². The molecule has 1 atom stereocenters. The van der Waals surface area contributed by atoms with E-state index in [1.165, 1.54) is 19.3 Å². The summed E-state index contributed by atoms with van der Waals surface area (Å²) in [4.78, 5) is 50.1.